The number of halogens is 1. The van der Waals surface area contributed by atoms with Crippen molar-refractivity contribution in [1.82, 2.24) is 10.2 Å². The lowest BCUT2D eigenvalue weighted by Gasteiger charge is -2.39. The summed E-state index contributed by atoms with van der Waals surface area (Å²) in [5.74, 6) is -1.25. The Balaban J connectivity index is 2.10. The van der Waals surface area contributed by atoms with Gasteiger partial charge in [-0.25, -0.2) is 9.18 Å². The lowest BCUT2D eigenvalue weighted by molar-refractivity contribution is -0.121. The molecule has 0 spiro atoms. The van der Waals surface area contributed by atoms with Gasteiger partial charge in [0.1, 0.15) is 5.67 Å². The molecule has 0 saturated carbocycles. The minimum Gasteiger partial charge on any atom is -0.478 e. The van der Waals surface area contributed by atoms with Gasteiger partial charge < -0.3 is 15.3 Å². The molecule has 1 aromatic rings. The first-order chi connectivity index (χ1) is 10.8. The van der Waals surface area contributed by atoms with Crippen LogP contribution in [0.3, 0.4) is 0 Å². The van der Waals surface area contributed by atoms with Crippen LogP contribution in [0.5, 0.6) is 0 Å². The van der Waals surface area contributed by atoms with Crippen LogP contribution in [0.25, 0.3) is 0 Å². The second kappa shape index (κ2) is 7.08. The number of carbonyl (C=O) groups excluding carboxylic acids is 1. The van der Waals surface area contributed by atoms with Crippen LogP contribution < -0.4 is 5.32 Å². The van der Waals surface area contributed by atoms with Crippen LogP contribution in [0.4, 0.5) is 4.39 Å². The first-order valence-corrected chi connectivity index (χ1v) is 7.79. The molecule has 126 valence electrons. The van der Waals surface area contributed by atoms with Crippen molar-refractivity contribution < 1.29 is 19.1 Å². The molecule has 0 aromatic heterocycles. The fraction of sp³-hybridized carbons (Fsp3) is 0.529. The third-order valence-corrected chi connectivity index (χ3v) is 4.74. The molecule has 1 fully saturated rings. The number of piperidine rings is 1. The van der Waals surface area contributed by atoms with Crippen molar-refractivity contribution in [3.63, 3.8) is 0 Å². The van der Waals surface area contributed by atoms with Gasteiger partial charge in [0, 0.05) is 19.0 Å². The van der Waals surface area contributed by atoms with Gasteiger partial charge in [-0.15, -0.1) is 0 Å². The Bertz CT molecular complexity index is 559. The predicted molar refractivity (Wildman–Crippen MR) is 85.1 cm³/mol. The van der Waals surface area contributed by atoms with Crippen LogP contribution in [0, 0.1) is 5.92 Å². The van der Waals surface area contributed by atoms with Gasteiger partial charge in [0.25, 0.3) is 0 Å². The molecule has 6 heteroatoms. The summed E-state index contributed by atoms with van der Waals surface area (Å²) in [5.41, 5.74) is -0.266. The third kappa shape index (κ3) is 4.07. The normalized spacial score (nSPS) is 25.6. The van der Waals surface area contributed by atoms with E-state index >= 15 is 0 Å². The van der Waals surface area contributed by atoms with E-state index in [-0.39, 0.29) is 17.5 Å². The molecule has 1 amide bonds. The van der Waals surface area contributed by atoms with Crippen LogP contribution >= 0.6 is 0 Å². The molecule has 3 atom stereocenters. The number of hydrogen-bond donors (Lipinski definition) is 2. The first-order valence-electron chi connectivity index (χ1n) is 7.79. The molecule has 3 unspecified atom stereocenters. The number of carboxylic acids is 1. The zero-order chi connectivity index (χ0) is 17.0. The van der Waals surface area contributed by atoms with Crippen LogP contribution in [-0.4, -0.2) is 47.7 Å². The van der Waals surface area contributed by atoms with Crippen molar-refractivity contribution in [2.24, 2.45) is 5.92 Å². The highest BCUT2D eigenvalue weighted by atomic mass is 19.1. The Labute approximate surface area is 135 Å². The summed E-state index contributed by atoms with van der Waals surface area (Å²) >= 11 is 0. The van der Waals surface area contributed by atoms with E-state index < -0.39 is 11.6 Å². The van der Waals surface area contributed by atoms with Crippen molar-refractivity contribution >= 4 is 12.4 Å². The standard InChI is InChI=1S/C17H23FN2O3/c1-12(13-3-5-14(6-4-13)16(22)23)20(11-21)10-15-9-19-8-7-17(15,2)18/h3-6,11-12,15,19H,7-10H2,1-2H3,(H,22,23). The fourth-order valence-electron chi connectivity index (χ4n) is 2.92. The zero-order valence-corrected chi connectivity index (χ0v) is 13.5. The van der Waals surface area contributed by atoms with E-state index in [0.29, 0.717) is 26.1 Å². The molecule has 2 N–H and O–H groups in total. The van der Waals surface area contributed by atoms with E-state index in [4.69, 9.17) is 5.11 Å². The van der Waals surface area contributed by atoms with Gasteiger partial charge in [0.05, 0.1) is 11.6 Å². The Morgan fingerprint density at radius 2 is 2.17 bits per heavy atom. The molecule has 1 heterocycles. The Morgan fingerprint density at radius 1 is 1.52 bits per heavy atom. The van der Waals surface area contributed by atoms with E-state index in [2.05, 4.69) is 5.32 Å². The van der Waals surface area contributed by atoms with Crippen molar-refractivity contribution in [2.75, 3.05) is 19.6 Å². The highest BCUT2D eigenvalue weighted by molar-refractivity contribution is 5.87. The molecule has 2 rings (SSSR count). The lowest BCUT2D eigenvalue weighted by Crippen LogP contribution is -2.50. The maximum atomic E-state index is 14.6. The van der Waals surface area contributed by atoms with Gasteiger partial charge in [0.2, 0.25) is 6.41 Å². The van der Waals surface area contributed by atoms with Gasteiger partial charge in [-0.3, -0.25) is 4.79 Å². The molecule has 5 nitrogen and oxygen atoms in total. The molecular weight excluding hydrogens is 299 g/mol. The topological polar surface area (TPSA) is 69.6 Å². The van der Waals surface area contributed by atoms with Gasteiger partial charge >= 0.3 is 5.97 Å². The smallest absolute Gasteiger partial charge is 0.335 e. The Morgan fingerprint density at radius 3 is 2.70 bits per heavy atom. The van der Waals surface area contributed by atoms with Crippen molar-refractivity contribution in [2.45, 2.75) is 32.0 Å². The number of nitrogens with one attached hydrogen (secondary N) is 1. The number of carboxylic acid groups (broad SMARTS) is 1. The van der Waals surface area contributed by atoms with Crippen LogP contribution in [-0.2, 0) is 4.79 Å². The molecule has 23 heavy (non-hydrogen) atoms. The van der Waals surface area contributed by atoms with E-state index in [0.717, 1.165) is 12.0 Å². The maximum absolute atomic E-state index is 14.6. The molecular formula is C17H23FN2O3. The number of benzene rings is 1. The maximum Gasteiger partial charge on any atom is 0.335 e. The minimum atomic E-state index is -1.29. The summed E-state index contributed by atoms with van der Waals surface area (Å²) in [4.78, 5) is 23.9. The zero-order valence-electron chi connectivity index (χ0n) is 13.5. The van der Waals surface area contributed by atoms with Gasteiger partial charge in [-0.05, 0) is 44.5 Å². The number of aromatic carboxylic acids is 1. The highest BCUT2D eigenvalue weighted by Crippen LogP contribution is 2.31. The molecule has 0 bridgehead atoms. The summed E-state index contributed by atoms with van der Waals surface area (Å²) in [5, 5.41) is 12.1. The molecule has 0 aliphatic carbocycles. The summed E-state index contributed by atoms with van der Waals surface area (Å²) < 4.78 is 14.6. The summed E-state index contributed by atoms with van der Waals surface area (Å²) in [6.07, 6.45) is 1.17. The Hall–Kier alpha value is -1.95. The first kappa shape index (κ1) is 17.4. The van der Waals surface area contributed by atoms with Crippen LogP contribution in [0.2, 0.25) is 0 Å². The van der Waals surface area contributed by atoms with Gasteiger partial charge in [-0.2, -0.15) is 0 Å². The largest absolute Gasteiger partial charge is 0.478 e. The summed E-state index contributed by atoms with van der Waals surface area (Å²) in [6.45, 7) is 4.97. The predicted octanol–water partition coefficient (Wildman–Crippen LogP) is 2.24. The molecule has 1 aliphatic heterocycles. The molecule has 1 aromatic carbocycles. The average Bonchev–Trinajstić information content (AvgIpc) is 2.53. The number of carbonyl (C=O) groups is 2. The molecule has 1 aliphatic rings. The SMILES string of the molecule is CC(c1ccc(C(=O)O)cc1)N(C=O)CC1CNCCC1(C)F. The quantitative estimate of drug-likeness (QED) is 0.788. The molecule has 0 radical (unpaired) electrons. The van der Waals surface area contributed by atoms with Crippen LogP contribution in [0.15, 0.2) is 24.3 Å². The van der Waals surface area contributed by atoms with Crippen molar-refractivity contribution in [3.05, 3.63) is 35.4 Å². The van der Waals surface area contributed by atoms with Crippen molar-refractivity contribution in [3.8, 4) is 0 Å². The average molecular weight is 322 g/mol. The summed E-state index contributed by atoms with van der Waals surface area (Å²) in [7, 11) is 0. The second-order valence-corrected chi connectivity index (χ2v) is 6.33. The van der Waals surface area contributed by atoms with E-state index in [1.165, 1.54) is 12.1 Å². The van der Waals surface area contributed by atoms with E-state index in [9.17, 15) is 14.0 Å². The minimum absolute atomic E-state index is 0.200. The molecule has 1 saturated heterocycles. The lowest BCUT2D eigenvalue weighted by atomic mass is 9.84. The second-order valence-electron chi connectivity index (χ2n) is 6.33. The number of alkyl halides is 1. The Kier molecular flexibility index (Phi) is 5.36. The van der Waals surface area contributed by atoms with Gasteiger partial charge in [0.15, 0.2) is 0 Å². The van der Waals surface area contributed by atoms with E-state index in [1.54, 1.807) is 24.0 Å². The highest BCUT2D eigenvalue weighted by Gasteiger charge is 2.38. The third-order valence-electron chi connectivity index (χ3n) is 4.74. The summed E-state index contributed by atoms with van der Waals surface area (Å²) in [6, 6.07) is 6.17. The van der Waals surface area contributed by atoms with Crippen molar-refractivity contribution in [1.29, 1.82) is 0 Å². The van der Waals surface area contributed by atoms with Crippen LogP contribution in [0.1, 0.15) is 42.2 Å². The van der Waals surface area contributed by atoms with Gasteiger partial charge in [-0.1, -0.05) is 12.1 Å². The fourth-order valence-corrected chi connectivity index (χ4v) is 2.92. The monoisotopic (exact) mass is 322 g/mol. The number of nitrogens with zero attached hydrogens (tertiary/aromatic N) is 1. The number of amides is 1. The number of rotatable bonds is 6. The van der Waals surface area contributed by atoms with E-state index in [1.807, 2.05) is 6.92 Å². The number of hydrogen-bond acceptors (Lipinski definition) is 3.